The lowest BCUT2D eigenvalue weighted by Crippen LogP contribution is -2.47. The molecule has 0 bridgehead atoms. The highest BCUT2D eigenvalue weighted by Gasteiger charge is 2.44. The molecule has 6 nitrogen and oxygen atoms in total. The van der Waals surface area contributed by atoms with Gasteiger partial charge in [0.15, 0.2) is 0 Å². The molecule has 2 heterocycles. The zero-order chi connectivity index (χ0) is 20.5. The summed E-state index contributed by atoms with van der Waals surface area (Å²) in [7, 11) is 0. The molecule has 0 aliphatic carbocycles. The number of carbonyl (C=O) groups is 2. The van der Waals surface area contributed by atoms with Gasteiger partial charge >= 0.3 is 18.2 Å². The van der Waals surface area contributed by atoms with Crippen LogP contribution in [0.4, 0.5) is 18.0 Å². The van der Waals surface area contributed by atoms with E-state index >= 15 is 0 Å². The number of hydrogen-bond donors (Lipinski definition) is 2. The van der Waals surface area contributed by atoms with E-state index in [0.29, 0.717) is 13.0 Å². The molecule has 3 atom stereocenters. The highest BCUT2D eigenvalue weighted by atomic mass is 19.4. The molecule has 0 radical (unpaired) electrons. The second-order valence-corrected chi connectivity index (χ2v) is 7.92. The van der Waals surface area contributed by atoms with E-state index in [1.807, 2.05) is 30.3 Å². The van der Waals surface area contributed by atoms with Crippen molar-refractivity contribution in [1.82, 2.24) is 15.1 Å². The van der Waals surface area contributed by atoms with Gasteiger partial charge in [0.2, 0.25) is 0 Å². The number of alkyl halides is 3. The van der Waals surface area contributed by atoms with Crippen molar-refractivity contribution >= 4 is 12.0 Å². The summed E-state index contributed by atoms with van der Waals surface area (Å²) in [6.45, 7) is 1.25. The van der Waals surface area contributed by atoms with Gasteiger partial charge in [-0.05, 0) is 18.9 Å². The van der Waals surface area contributed by atoms with Gasteiger partial charge in [0.05, 0.1) is 18.0 Å². The molecule has 3 rings (SSSR count). The number of amides is 2. The molecule has 1 unspecified atom stereocenters. The van der Waals surface area contributed by atoms with E-state index in [1.54, 1.807) is 6.92 Å². The number of benzene rings is 1. The van der Waals surface area contributed by atoms with Crippen molar-refractivity contribution in [1.29, 1.82) is 0 Å². The largest absolute Gasteiger partial charge is 0.481 e. The second-order valence-electron chi connectivity index (χ2n) is 7.92. The molecule has 2 amide bonds. The smallest absolute Gasteiger partial charge is 0.401 e. The molecule has 0 spiro atoms. The number of halogens is 3. The molecule has 2 fully saturated rings. The molecule has 154 valence electrons. The van der Waals surface area contributed by atoms with Crippen molar-refractivity contribution in [3.05, 3.63) is 35.9 Å². The maximum absolute atomic E-state index is 12.8. The summed E-state index contributed by atoms with van der Waals surface area (Å²) < 4.78 is 38.5. The Morgan fingerprint density at radius 3 is 2.50 bits per heavy atom. The molecule has 1 aromatic carbocycles. The maximum atomic E-state index is 12.8. The molecule has 28 heavy (non-hydrogen) atoms. The van der Waals surface area contributed by atoms with Gasteiger partial charge in [-0.25, -0.2) is 4.79 Å². The fourth-order valence-corrected chi connectivity index (χ4v) is 4.01. The summed E-state index contributed by atoms with van der Waals surface area (Å²) in [5.41, 5.74) is -0.122. The highest BCUT2D eigenvalue weighted by molar-refractivity contribution is 5.79. The average Bonchev–Trinajstić information content (AvgIpc) is 3.19. The summed E-state index contributed by atoms with van der Waals surface area (Å²) in [5, 5.41) is 12.2. The zero-order valence-corrected chi connectivity index (χ0v) is 15.6. The van der Waals surface area contributed by atoms with Gasteiger partial charge in [0, 0.05) is 32.1 Å². The van der Waals surface area contributed by atoms with Crippen LogP contribution in [0.15, 0.2) is 30.3 Å². The SMILES string of the molecule is CC1(C(=O)O)CCN(C(=O)N[C@@H]2CN(CC(F)(F)F)C[C@H]2c2ccccc2)C1. The van der Waals surface area contributed by atoms with Crippen LogP contribution in [0, 0.1) is 5.41 Å². The minimum atomic E-state index is -4.31. The summed E-state index contributed by atoms with van der Waals surface area (Å²) in [4.78, 5) is 26.8. The third-order valence-electron chi connectivity index (χ3n) is 5.61. The van der Waals surface area contributed by atoms with Crippen LogP contribution in [-0.4, -0.2) is 71.8 Å². The number of carboxylic acid groups (broad SMARTS) is 1. The molecule has 2 saturated heterocycles. The lowest BCUT2D eigenvalue weighted by Gasteiger charge is -2.25. The Morgan fingerprint density at radius 1 is 1.25 bits per heavy atom. The number of nitrogens with one attached hydrogen (secondary N) is 1. The van der Waals surface area contributed by atoms with Crippen LogP contribution in [0.3, 0.4) is 0 Å². The summed E-state index contributed by atoms with van der Waals surface area (Å²) in [6, 6.07) is 8.25. The van der Waals surface area contributed by atoms with E-state index in [9.17, 15) is 27.9 Å². The normalized spacial score (nSPS) is 28.5. The van der Waals surface area contributed by atoms with Gasteiger partial charge in [-0.2, -0.15) is 13.2 Å². The summed E-state index contributed by atoms with van der Waals surface area (Å²) in [5.74, 6) is -1.22. The number of likely N-dealkylation sites (tertiary alicyclic amines) is 2. The molecule has 1 aromatic rings. The monoisotopic (exact) mass is 399 g/mol. The number of nitrogens with zero attached hydrogens (tertiary/aromatic N) is 2. The Morgan fingerprint density at radius 2 is 1.93 bits per heavy atom. The van der Waals surface area contributed by atoms with Crippen molar-refractivity contribution in [2.45, 2.75) is 31.5 Å². The Labute approximate surface area is 161 Å². The zero-order valence-electron chi connectivity index (χ0n) is 15.6. The topological polar surface area (TPSA) is 72.9 Å². The van der Waals surface area contributed by atoms with Crippen LogP contribution in [0.2, 0.25) is 0 Å². The van der Waals surface area contributed by atoms with Crippen molar-refractivity contribution in [2.24, 2.45) is 5.41 Å². The van der Waals surface area contributed by atoms with Gasteiger partial charge in [-0.1, -0.05) is 30.3 Å². The van der Waals surface area contributed by atoms with Crippen LogP contribution in [0.25, 0.3) is 0 Å². The van der Waals surface area contributed by atoms with E-state index < -0.39 is 36.2 Å². The number of hydrogen-bond acceptors (Lipinski definition) is 3. The first-order valence-corrected chi connectivity index (χ1v) is 9.20. The lowest BCUT2D eigenvalue weighted by atomic mass is 9.90. The van der Waals surface area contributed by atoms with E-state index in [4.69, 9.17) is 0 Å². The molecule has 0 saturated carbocycles. The minimum absolute atomic E-state index is 0.0865. The van der Waals surface area contributed by atoms with E-state index in [1.165, 1.54) is 9.80 Å². The van der Waals surface area contributed by atoms with Crippen LogP contribution in [0.1, 0.15) is 24.8 Å². The van der Waals surface area contributed by atoms with Gasteiger partial charge in [0.1, 0.15) is 0 Å². The third-order valence-corrected chi connectivity index (χ3v) is 5.61. The summed E-state index contributed by atoms with van der Waals surface area (Å²) >= 11 is 0. The number of carbonyl (C=O) groups excluding carboxylic acids is 1. The first-order valence-electron chi connectivity index (χ1n) is 9.20. The predicted octanol–water partition coefficient (Wildman–Crippen LogP) is 2.52. The fourth-order valence-electron chi connectivity index (χ4n) is 4.01. The standard InChI is InChI=1S/C19H24F3N3O3/c1-18(16(26)27)7-8-25(11-18)17(28)23-15-10-24(12-19(20,21)22)9-14(15)13-5-3-2-4-6-13/h2-6,14-15H,7-12H2,1H3,(H,23,28)(H,26,27)/t14-,15+,18?/m0/s1. The van der Waals surface area contributed by atoms with Crippen molar-refractivity contribution in [2.75, 3.05) is 32.7 Å². The Bertz CT molecular complexity index is 728. The van der Waals surface area contributed by atoms with Crippen LogP contribution < -0.4 is 5.32 Å². The first-order chi connectivity index (χ1) is 13.1. The van der Waals surface area contributed by atoms with Crippen molar-refractivity contribution < 1.29 is 27.9 Å². The van der Waals surface area contributed by atoms with Crippen LogP contribution in [0.5, 0.6) is 0 Å². The Balaban J connectivity index is 1.70. The number of urea groups is 1. The van der Waals surface area contributed by atoms with Gasteiger partial charge in [-0.3, -0.25) is 9.69 Å². The van der Waals surface area contributed by atoms with Crippen LogP contribution in [-0.2, 0) is 4.79 Å². The highest BCUT2D eigenvalue weighted by Crippen LogP contribution is 2.32. The van der Waals surface area contributed by atoms with E-state index in [0.717, 1.165) is 5.56 Å². The molecular formula is C19H24F3N3O3. The molecule has 2 aliphatic heterocycles. The molecule has 2 N–H and O–H groups in total. The van der Waals surface area contributed by atoms with Crippen molar-refractivity contribution in [3.63, 3.8) is 0 Å². The predicted molar refractivity (Wildman–Crippen MR) is 95.9 cm³/mol. The lowest BCUT2D eigenvalue weighted by molar-refractivity contribution is -0.147. The number of aliphatic carboxylic acids is 1. The maximum Gasteiger partial charge on any atom is 0.401 e. The average molecular weight is 399 g/mol. The minimum Gasteiger partial charge on any atom is -0.481 e. The van der Waals surface area contributed by atoms with Gasteiger partial charge in [0.25, 0.3) is 0 Å². The summed E-state index contributed by atoms with van der Waals surface area (Å²) in [6.07, 6.45) is -3.96. The number of carboxylic acids is 1. The molecule has 9 heteroatoms. The van der Waals surface area contributed by atoms with Crippen molar-refractivity contribution in [3.8, 4) is 0 Å². The van der Waals surface area contributed by atoms with Gasteiger partial charge < -0.3 is 15.3 Å². The molecular weight excluding hydrogens is 375 g/mol. The molecule has 0 aromatic heterocycles. The van der Waals surface area contributed by atoms with E-state index in [2.05, 4.69) is 5.32 Å². The molecule has 2 aliphatic rings. The number of rotatable bonds is 4. The van der Waals surface area contributed by atoms with E-state index in [-0.39, 0.29) is 25.6 Å². The Kier molecular flexibility index (Phi) is 5.56. The Hall–Kier alpha value is -2.29. The van der Waals surface area contributed by atoms with Gasteiger partial charge in [-0.15, -0.1) is 0 Å². The third kappa shape index (κ3) is 4.57. The fraction of sp³-hybridized carbons (Fsp3) is 0.579. The quantitative estimate of drug-likeness (QED) is 0.816. The second kappa shape index (κ2) is 7.62. The first kappa shape index (κ1) is 20.4. The van der Waals surface area contributed by atoms with Crippen LogP contribution >= 0.6 is 0 Å².